The SMILES string of the molecule is CCOC(=O)c1ccc(N2C[C@H](C(=O)OCC(=O)c3ccc(OC(=O)c4cccs4)cc3)CC2=O)cc1. The highest BCUT2D eigenvalue weighted by Gasteiger charge is 2.36. The van der Waals surface area contributed by atoms with Crippen LogP contribution in [0.15, 0.2) is 66.0 Å². The van der Waals surface area contributed by atoms with Gasteiger partial charge in [0, 0.05) is 24.2 Å². The van der Waals surface area contributed by atoms with E-state index in [1.807, 2.05) is 0 Å². The maximum atomic E-state index is 12.5. The van der Waals surface area contributed by atoms with Crippen molar-refractivity contribution >= 4 is 46.6 Å². The molecule has 190 valence electrons. The number of ketones is 1. The lowest BCUT2D eigenvalue weighted by Gasteiger charge is -2.17. The maximum absolute atomic E-state index is 12.5. The van der Waals surface area contributed by atoms with Crippen molar-refractivity contribution in [1.82, 2.24) is 0 Å². The van der Waals surface area contributed by atoms with Crippen LogP contribution in [0.25, 0.3) is 0 Å². The van der Waals surface area contributed by atoms with E-state index >= 15 is 0 Å². The van der Waals surface area contributed by atoms with E-state index in [-0.39, 0.29) is 36.8 Å². The van der Waals surface area contributed by atoms with Crippen molar-refractivity contribution in [2.45, 2.75) is 13.3 Å². The second kappa shape index (κ2) is 11.6. The molecule has 2 heterocycles. The Morgan fingerprint density at radius 2 is 1.62 bits per heavy atom. The van der Waals surface area contributed by atoms with Gasteiger partial charge in [-0.1, -0.05) is 6.07 Å². The molecule has 0 bridgehead atoms. The van der Waals surface area contributed by atoms with Crippen LogP contribution in [-0.2, 0) is 19.1 Å². The number of Topliss-reactive ketones (excluding diaryl/α,β-unsaturated/α-hetero) is 1. The second-order valence-electron chi connectivity index (χ2n) is 8.09. The molecule has 4 rings (SSSR count). The van der Waals surface area contributed by atoms with Gasteiger partial charge in [0.25, 0.3) is 0 Å². The highest BCUT2D eigenvalue weighted by atomic mass is 32.1. The van der Waals surface area contributed by atoms with Crippen molar-refractivity contribution in [1.29, 1.82) is 0 Å². The van der Waals surface area contributed by atoms with Gasteiger partial charge in [-0.15, -0.1) is 11.3 Å². The van der Waals surface area contributed by atoms with Gasteiger partial charge >= 0.3 is 17.9 Å². The Morgan fingerprint density at radius 3 is 2.27 bits per heavy atom. The quantitative estimate of drug-likeness (QED) is 0.236. The third kappa shape index (κ3) is 6.28. The van der Waals surface area contributed by atoms with E-state index in [9.17, 15) is 24.0 Å². The average Bonchev–Trinajstić information content (AvgIpc) is 3.58. The Morgan fingerprint density at radius 1 is 0.919 bits per heavy atom. The number of carbonyl (C=O) groups is 5. The molecule has 0 saturated carbocycles. The molecule has 0 radical (unpaired) electrons. The third-order valence-corrected chi connectivity index (χ3v) is 6.45. The summed E-state index contributed by atoms with van der Waals surface area (Å²) in [6.07, 6.45) is -0.0447. The molecule has 0 N–H and O–H groups in total. The lowest BCUT2D eigenvalue weighted by atomic mass is 10.1. The average molecular weight is 522 g/mol. The molecule has 1 saturated heterocycles. The second-order valence-corrected chi connectivity index (χ2v) is 9.04. The first-order valence-corrected chi connectivity index (χ1v) is 12.4. The number of rotatable bonds is 9. The summed E-state index contributed by atoms with van der Waals surface area (Å²) in [6.45, 7) is 1.60. The highest BCUT2D eigenvalue weighted by Crippen LogP contribution is 2.26. The number of benzene rings is 2. The Kier molecular flexibility index (Phi) is 8.09. The zero-order chi connectivity index (χ0) is 26.4. The number of amides is 1. The number of esters is 3. The van der Waals surface area contributed by atoms with Gasteiger partial charge in [0.2, 0.25) is 5.91 Å². The summed E-state index contributed by atoms with van der Waals surface area (Å²) in [5.74, 6) is -2.71. The Hall–Kier alpha value is -4.31. The van der Waals surface area contributed by atoms with Crippen LogP contribution in [0.3, 0.4) is 0 Å². The number of carbonyl (C=O) groups excluding carboxylic acids is 5. The van der Waals surface area contributed by atoms with Crippen LogP contribution in [0.1, 0.15) is 43.7 Å². The fourth-order valence-electron chi connectivity index (χ4n) is 3.71. The molecule has 1 fully saturated rings. The largest absolute Gasteiger partial charge is 0.462 e. The van der Waals surface area contributed by atoms with E-state index in [1.165, 1.54) is 40.5 Å². The molecule has 2 aromatic carbocycles. The number of thiophene rings is 1. The number of anilines is 1. The van der Waals surface area contributed by atoms with Crippen LogP contribution in [0.4, 0.5) is 5.69 Å². The first-order chi connectivity index (χ1) is 17.9. The topological polar surface area (TPSA) is 116 Å². The molecule has 3 aromatic rings. The molecule has 10 heteroatoms. The fraction of sp³-hybridized carbons (Fsp3) is 0.222. The predicted molar refractivity (Wildman–Crippen MR) is 134 cm³/mol. The van der Waals surface area contributed by atoms with Gasteiger partial charge in [0.15, 0.2) is 12.4 Å². The molecule has 0 spiro atoms. The number of hydrogen-bond donors (Lipinski definition) is 0. The van der Waals surface area contributed by atoms with Crippen molar-refractivity contribution in [3.8, 4) is 5.75 Å². The molecule has 1 aliphatic heterocycles. The molecule has 1 atom stereocenters. The minimum absolute atomic E-state index is 0.0447. The van der Waals surface area contributed by atoms with Gasteiger partial charge in [0.05, 0.1) is 18.1 Å². The van der Waals surface area contributed by atoms with E-state index in [2.05, 4.69) is 0 Å². The lowest BCUT2D eigenvalue weighted by Crippen LogP contribution is -2.27. The van der Waals surface area contributed by atoms with Crippen molar-refractivity contribution in [2.75, 3.05) is 24.7 Å². The van der Waals surface area contributed by atoms with Crippen LogP contribution in [-0.4, -0.2) is 49.4 Å². The third-order valence-electron chi connectivity index (χ3n) is 5.60. The molecule has 0 unspecified atom stereocenters. The van der Waals surface area contributed by atoms with Crippen molar-refractivity contribution in [3.63, 3.8) is 0 Å². The number of nitrogens with zero attached hydrogens (tertiary/aromatic N) is 1. The molecule has 1 amide bonds. The van der Waals surface area contributed by atoms with Gasteiger partial charge < -0.3 is 19.1 Å². The smallest absolute Gasteiger partial charge is 0.353 e. The highest BCUT2D eigenvalue weighted by molar-refractivity contribution is 7.12. The monoisotopic (exact) mass is 521 g/mol. The van der Waals surface area contributed by atoms with Gasteiger partial charge in [0.1, 0.15) is 10.6 Å². The summed E-state index contributed by atoms with van der Waals surface area (Å²) in [7, 11) is 0. The summed E-state index contributed by atoms with van der Waals surface area (Å²) in [5.41, 5.74) is 1.19. The van der Waals surface area contributed by atoms with E-state index in [1.54, 1.807) is 48.7 Å². The summed E-state index contributed by atoms with van der Waals surface area (Å²) < 4.78 is 15.4. The Bertz CT molecular complexity index is 1300. The first kappa shape index (κ1) is 25.8. The van der Waals surface area contributed by atoms with E-state index in [0.717, 1.165) is 0 Å². The van der Waals surface area contributed by atoms with Gasteiger partial charge in [-0.05, 0) is 66.9 Å². The van der Waals surface area contributed by atoms with Crippen LogP contribution in [0.5, 0.6) is 5.75 Å². The van der Waals surface area contributed by atoms with Crippen molar-refractivity contribution < 1.29 is 38.2 Å². The Balaban J connectivity index is 1.28. The minimum Gasteiger partial charge on any atom is -0.462 e. The summed E-state index contributed by atoms with van der Waals surface area (Å²) >= 11 is 1.26. The lowest BCUT2D eigenvalue weighted by molar-refractivity contribution is -0.147. The molecule has 0 aliphatic carbocycles. The Labute approximate surface area is 216 Å². The molecule has 9 nitrogen and oxygen atoms in total. The fourth-order valence-corrected chi connectivity index (χ4v) is 4.30. The molecule has 1 aliphatic rings. The zero-order valence-corrected chi connectivity index (χ0v) is 20.7. The number of ether oxygens (including phenoxy) is 3. The van der Waals surface area contributed by atoms with Crippen LogP contribution in [0, 0.1) is 5.92 Å². The normalized spacial score (nSPS) is 14.8. The predicted octanol–water partition coefficient (Wildman–Crippen LogP) is 3.92. The minimum atomic E-state index is -0.718. The molecular formula is C27H23NO8S. The van der Waals surface area contributed by atoms with Gasteiger partial charge in [-0.3, -0.25) is 14.4 Å². The van der Waals surface area contributed by atoms with Gasteiger partial charge in [-0.25, -0.2) is 9.59 Å². The number of hydrogen-bond acceptors (Lipinski definition) is 9. The van der Waals surface area contributed by atoms with E-state index in [0.29, 0.717) is 16.1 Å². The van der Waals surface area contributed by atoms with Crippen molar-refractivity contribution in [2.24, 2.45) is 5.92 Å². The first-order valence-electron chi connectivity index (χ1n) is 11.5. The molecule has 1 aromatic heterocycles. The zero-order valence-electron chi connectivity index (χ0n) is 19.9. The summed E-state index contributed by atoms with van der Waals surface area (Å²) in [6, 6.07) is 15.7. The standard InChI is InChI=1S/C27H23NO8S/c1-2-34-25(31)18-5-9-20(10-6-18)28-15-19(14-24(28)30)26(32)35-16-22(29)17-7-11-21(12-8-17)36-27(33)23-4-3-13-37-23/h3-13,19H,2,14-16H2,1H3/t19-/m1/s1. The molecular weight excluding hydrogens is 498 g/mol. The van der Waals surface area contributed by atoms with Gasteiger partial charge in [-0.2, -0.15) is 0 Å². The van der Waals surface area contributed by atoms with Crippen LogP contribution < -0.4 is 9.64 Å². The van der Waals surface area contributed by atoms with Crippen LogP contribution >= 0.6 is 11.3 Å². The van der Waals surface area contributed by atoms with E-state index in [4.69, 9.17) is 14.2 Å². The summed E-state index contributed by atoms with van der Waals surface area (Å²) in [4.78, 5) is 63.2. The molecule has 37 heavy (non-hydrogen) atoms. The maximum Gasteiger partial charge on any atom is 0.353 e. The van der Waals surface area contributed by atoms with Crippen LogP contribution in [0.2, 0.25) is 0 Å². The van der Waals surface area contributed by atoms with Crippen molar-refractivity contribution in [3.05, 3.63) is 82.0 Å². The summed E-state index contributed by atoms with van der Waals surface area (Å²) in [5, 5.41) is 1.77. The van der Waals surface area contributed by atoms with E-state index < -0.39 is 36.2 Å².